The van der Waals surface area contributed by atoms with Gasteiger partial charge in [-0.25, -0.2) is 9.97 Å². The van der Waals surface area contributed by atoms with Gasteiger partial charge in [-0.15, -0.1) is 0 Å². The summed E-state index contributed by atoms with van der Waals surface area (Å²) in [6.07, 6.45) is 1.39. The Morgan fingerprint density at radius 3 is 2.77 bits per heavy atom. The Labute approximate surface area is 76.6 Å². The molecule has 13 heavy (non-hydrogen) atoms. The molecule has 0 aliphatic rings. The fourth-order valence-electron chi connectivity index (χ4n) is 1.04. The zero-order valence-electron chi connectivity index (χ0n) is 7.57. The van der Waals surface area contributed by atoms with Gasteiger partial charge in [-0.2, -0.15) is 5.26 Å². The lowest BCUT2D eigenvalue weighted by molar-refractivity contribution is 0.771. The van der Waals surface area contributed by atoms with Gasteiger partial charge in [0, 0.05) is 13.1 Å². The van der Waals surface area contributed by atoms with Crippen molar-refractivity contribution in [3.05, 3.63) is 17.6 Å². The Bertz CT molecular complexity index is 339. The topological polar surface area (TPSA) is 87.6 Å². The lowest BCUT2D eigenvalue weighted by Crippen LogP contribution is -2.12. The Morgan fingerprint density at radius 1 is 1.62 bits per heavy atom. The van der Waals surface area contributed by atoms with Crippen molar-refractivity contribution in [3.63, 3.8) is 0 Å². The van der Waals surface area contributed by atoms with Gasteiger partial charge in [0.1, 0.15) is 23.8 Å². The number of anilines is 1. The molecular weight excluding hydrogens is 166 g/mol. The Balaban J connectivity index is 3.29. The minimum atomic E-state index is -0.259. The molecule has 1 atom stereocenters. The monoisotopic (exact) mass is 177 g/mol. The van der Waals surface area contributed by atoms with Crippen molar-refractivity contribution < 1.29 is 0 Å². The van der Waals surface area contributed by atoms with E-state index >= 15 is 0 Å². The van der Waals surface area contributed by atoms with E-state index in [0.717, 1.165) is 0 Å². The van der Waals surface area contributed by atoms with Crippen molar-refractivity contribution >= 4 is 5.82 Å². The van der Waals surface area contributed by atoms with Crippen molar-refractivity contribution in [1.29, 1.82) is 5.26 Å². The number of nitrogens with two attached hydrogens (primary N) is 1. The molecule has 0 radical (unpaired) electrons. The molecule has 0 aromatic carbocycles. The largest absolute Gasteiger partial charge is 0.372 e. The van der Waals surface area contributed by atoms with E-state index in [4.69, 9.17) is 11.0 Å². The molecule has 1 heterocycles. The van der Waals surface area contributed by atoms with Crippen molar-refractivity contribution in [3.8, 4) is 6.07 Å². The van der Waals surface area contributed by atoms with Gasteiger partial charge in [0.05, 0.1) is 5.69 Å². The summed E-state index contributed by atoms with van der Waals surface area (Å²) in [6, 6.07) is 1.77. The van der Waals surface area contributed by atoms with Gasteiger partial charge in [-0.1, -0.05) is 0 Å². The van der Waals surface area contributed by atoms with Crippen LogP contribution in [-0.2, 0) is 0 Å². The number of rotatable bonds is 2. The van der Waals surface area contributed by atoms with Gasteiger partial charge in [-0.3, -0.25) is 0 Å². The molecule has 0 bridgehead atoms. The van der Waals surface area contributed by atoms with E-state index in [9.17, 15) is 0 Å². The zero-order chi connectivity index (χ0) is 9.84. The van der Waals surface area contributed by atoms with Crippen LogP contribution < -0.4 is 11.1 Å². The highest BCUT2D eigenvalue weighted by Crippen LogP contribution is 2.17. The third-order valence-corrected chi connectivity index (χ3v) is 1.66. The third-order valence-electron chi connectivity index (χ3n) is 1.66. The SMILES string of the molecule is CNc1ncnc(C(C)N)c1C#N. The number of nitriles is 1. The molecule has 1 aromatic heterocycles. The summed E-state index contributed by atoms with van der Waals surface area (Å²) < 4.78 is 0. The summed E-state index contributed by atoms with van der Waals surface area (Å²) in [6.45, 7) is 1.78. The number of nitrogens with zero attached hydrogens (tertiary/aromatic N) is 3. The third kappa shape index (κ3) is 1.73. The van der Waals surface area contributed by atoms with Crippen LogP contribution in [0.1, 0.15) is 24.2 Å². The van der Waals surface area contributed by atoms with Crippen molar-refractivity contribution in [2.24, 2.45) is 5.73 Å². The molecule has 0 saturated carbocycles. The maximum Gasteiger partial charge on any atom is 0.147 e. The first-order valence-corrected chi connectivity index (χ1v) is 3.89. The molecule has 1 rings (SSSR count). The van der Waals surface area contributed by atoms with Crippen LogP contribution in [0.3, 0.4) is 0 Å². The second kappa shape index (κ2) is 3.83. The number of aromatic nitrogens is 2. The van der Waals surface area contributed by atoms with Gasteiger partial charge in [0.15, 0.2) is 0 Å². The molecule has 68 valence electrons. The smallest absolute Gasteiger partial charge is 0.147 e. The number of hydrogen-bond acceptors (Lipinski definition) is 5. The first kappa shape index (κ1) is 9.42. The average molecular weight is 177 g/mol. The second-order valence-corrected chi connectivity index (χ2v) is 2.63. The standard InChI is InChI=1S/C8H11N5/c1-5(10)7-6(3-9)8(11-2)13-4-12-7/h4-5H,10H2,1-2H3,(H,11,12,13). The summed E-state index contributed by atoms with van der Waals surface area (Å²) in [5.41, 5.74) is 6.63. The molecule has 0 amide bonds. The molecule has 1 unspecified atom stereocenters. The second-order valence-electron chi connectivity index (χ2n) is 2.63. The van der Waals surface area contributed by atoms with Crippen LogP contribution in [0.25, 0.3) is 0 Å². The molecule has 0 aliphatic heterocycles. The van der Waals surface area contributed by atoms with Crippen LogP contribution in [0.2, 0.25) is 0 Å². The van der Waals surface area contributed by atoms with Gasteiger partial charge in [0.25, 0.3) is 0 Å². The Morgan fingerprint density at radius 2 is 2.31 bits per heavy atom. The molecule has 5 nitrogen and oxygen atoms in total. The molecule has 0 saturated heterocycles. The van der Waals surface area contributed by atoms with E-state index in [1.54, 1.807) is 14.0 Å². The molecule has 0 aliphatic carbocycles. The highest BCUT2D eigenvalue weighted by atomic mass is 15.0. The van der Waals surface area contributed by atoms with Crippen LogP contribution in [0.4, 0.5) is 5.82 Å². The van der Waals surface area contributed by atoms with Crippen molar-refractivity contribution in [2.75, 3.05) is 12.4 Å². The fourth-order valence-corrected chi connectivity index (χ4v) is 1.04. The van der Waals surface area contributed by atoms with Crippen molar-refractivity contribution in [2.45, 2.75) is 13.0 Å². The average Bonchev–Trinajstić information content (AvgIpc) is 2.16. The van der Waals surface area contributed by atoms with Gasteiger partial charge >= 0.3 is 0 Å². The van der Waals surface area contributed by atoms with Gasteiger partial charge in [-0.05, 0) is 6.92 Å². The molecule has 0 spiro atoms. The van der Waals surface area contributed by atoms with E-state index in [-0.39, 0.29) is 6.04 Å². The van der Waals surface area contributed by atoms with Crippen LogP contribution in [-0.4, -0.2) is 17.0 Å². The lowest BCUT2D eigenvalue weighted by atomic mass is 10.1. The van der Waals surface area contributed by atoms with E-state index in [1.165, 1.54) is 6.33 Å². The summed E-state index contributed by atoms with van der Waals surface area (Å²) in [5.74, 6) is 0.518. The predicted octanol–water partition coefficient (Wildman–Crippen LogP) is 0.410. The molecule has 1 aromatic rings. The zero-order valence-corrected chi connectivity index (χ0v) is 7.57. The number of nitrogens with one attached hydrogen (secondary N) is 1. The van der Waals surface area contributed by atoms with E-state index < -0.39 is 0 Å². The maximum atomic E-state index is 8.85. The van der Waals surface area contributed by atoms with Crippen LogP contribution in [0.15, 0.2) is 6.33 Å². The molecule has 5 heteroatoms. The Kier molecular flexibility index (Phi) is 2.77. The van der Waals surface area contributed by atoms with E-state index in [2.05, 4.69) is 15.3 Å². The van der Waals surface area contributed by atoms with Crippen LogP contribution in [0.5, 0.6) is 0 Å². The van der Waals surface area contributed by atoms with Gasteiger partial charge < -0.3 is 11.1 Å². The summed E-state index contributed by atoms with van der Waals surface area (Å²) in [5, 5.41) is 11.7. The summed E-state index contributed by atoms with van der Waals surface area (Å²) >= 11 is 0. The minimum absolute atomic E-state index is 0.259. The molecule has 0 fully saturated rings. The molecular formula is C8H11N5. The summed E-state index contributed by atoms with van der Waals surface area (Å²) in [4.78, 5) is 7.87. The highest BCUT2D eigenvalue weighted by Gasteiger charge is 2.12. The van der Waals surface area contributed by atoms with Crippen LogP contribution >= 0.6 is 0 Å². The van der Waals surface area contributed by atoms with E-state index in [0.29, 0.717) is 17.1 Å². The van der Waals surface area contributed by atoms with Crippen LogP contribution in [0, 0.1) is 11.3 Å². The van der Waals surface area contributed by atoms with Crippen molar-refractivity contribution in [1.82, 2.24) is 9.97 Å². The maximum absolute atomic E-state index is 8.85. The predicted molar refractivity (Wildman–Crippen MR) is 48.9 cm³/mol. The fraction of sp³-hybridized carbons (Fsp3) is 0.375. The number of hydrogen-bond donors (Lipinski definition) is 2. The lowest BCUT2D eigenvalue weighted by Gasteiger charge is -2.08. The quantitative estimate of drug-likeness (QED) is 0.683. The normalized spacial score (nSPS) is 11.8. The Hall–Kier alpha value is -1.67. The molecule has 3 N–H and O–H groups in total. The van der Waals surface area contributed by atoms with E-state index in [1.807, 2.05) is 6.07 Å². The summed E-state index contributed by atoms with van der Waals surface area (Å²) in [7, 11) is 1.70. The first-order valence-electron chi connectivity index (χ1n) is 3.89. The minimum Gasteiger partial charge on any atom is -0.372 e. The highest BCUT2D eigenvalue weighted by molar-refractivity contribution is 5.53. The van der Waals surface area contributed by atoms with Gasteiger partial charge in [0.2, 0.25) is 0 Å². The first-order chi connectivity index (χ1) is 6.20.